The minimum Gasteiger partial charge on any atom is -0.494 e. The number of hydrogen-bond acceptors (Lipinski definition) is 4. The number of furan rings is 1. The second kappa shape index (κ2) is 7.32. The molecule has 25 heavy (non-hydrogen) atoms. The van der Waals surface area contributed by atoms with Gasteiger partial charge in [0, 0.05) is 16.7 Å². The monoisotopic (exact) mass is 356 g/mol. The molecule has 0 spiro atoms. The highest BCUT2D eigenvalue weighted by atomic mass is 35.5. The van der Waals surface area contributed by atoms with Gasteiger partial charge >= 0.3 is 0 Å². The summed E-state index contributed by atoms with van der Waals surface area (Å²) in [5.41, 5.74) is 7.71. The average Bonchev–Trinajstić information content (AvgIpc) is 3.08. The van der Waals surface area contributed by atoms with Crippen LogP contribution in [0, 0.1) is 0 Å². The number of nitrogens with two attached hydrogens (primary N) is 1. The van der Waals surface area contributed by atoms with Crippen LogP contribution in [0.25, 0.3) is 11.3 Å². The summed E-state index contributed by atoms with van der Waals surface area (Å²) in [6.07, 6.45) is 0. The molecule has 0 radical (unpaired) electrons. The fraction of sp³-hybridized carbons (Fsp3) is 0.105. The maximum Gasteiger partial charge on any atom is 0.291 e. The topological polar surface area (TPSA) is 77.5 Å². The van der Waals surface area contributed by atoms with Crippen LogP contribution in [-0.2, 0) is 0 Å². The second-order valence-electron chi connectivity index (χ2n) is 5.31. The third kappa shape index (κ3) is 3.95. The predicted molar refractivity (Wildman–Crippen MR) is 99.1 cm³/mol. The molecule has 5 nitrogen and oxygen atoms in total. The normalized spacial score (nSPS) is 10.5. The van der Waals surface area contributed by atoms with E-state index in [0.717, 1.165) is 5.56 Å². The molecule has 0 fully saturated rings. The van der Waals surface area contributed by atoms with Gasteiger partial charge in [-0.1, -0.05) is 11.6 Å². The lowest BCUT2D eigenvalue weighted by Gasteiger charge is -2.09. The molecule has 6 heteroatoms. The summed E-state index contributed by atoms with van der Waals surface area (Å²) in [4.78, 5) is 12.4. The van der Waals surface area contributed by atoms with Crippen molar-refractivity contribution in [3.8, 4) is 17.1 Å². The molecule has 1 aromatic heterocycles. The Bertz CT molecular complexity index is 888. The van der Waals surface area contributed by atoms with Crippen LogP contribution in [-0.4, -0.2) is 12.5 Å². The van der Waals surface area contributed by atoms with Crippen LogP contribution in [0.15, 0.2) is 59.0 Å². The van der Waals surface area contributed by atoms with Gasteiger partial charge in [0.2, 0.25) is 0 Å². The molecule has 3 rings (SSSR count). The van der Waals surface area contributed by atoms with Crippen LogP contribution in [0.2, 0.25) is 5.02 Å². The van der Waals surface area contributed by atoms with Gasteiger partial charge in [0.25, 0.3) is 5.91 Å². The van der Waals surface area contributed by atoms with E-state index in [4.69, 9.17) is 26.5 Å². The Kier molecular flexibility index (Phi) is 4.95. The summed E-state index contributed by atoms with van der Waals surface area (Å²) >= 11 is 5.88. The second-order valence-corrected chi connectivity index (χ2v) is 5.74. The number of carbonyl (C=O) groups is 1. The summed E-state index contributed by atoms with van der Waals surface area (Å²) in [5, 5.41) is 3.37. The average molecular weight is 357 g/mol. The molecule has 3 aromatic rings. The quantitative estimate of drug-likeness (QED) is 0.641. The lowest BCUT2D eigenvalue weighted by molar-refractivity contribution is 0.0997. The fourth-order valence-electron chi connectivity index (χ4n) is 2.32. The molecule has 0 bridgehead atoms. The molecular formula is C19H17ClN2O3. The van der Waals surface area contributed by atoms with Crippen LogP contribution in [0.1, 0.15) is 17.5 Å². The van der Waals surface area contributed by atoms with Gasteiger partial charge in [0.05, 0.1) is 18.0 Å². The van der Waals surface area contributed by atoms with Gasteiger partial charge in [0.15, 0.2) is 5.76 Å². The Morgan fingerprint density at radius 3 is 2.60 bits per heavy atom. The minimum absolute atomic E-state index is 0.193. The van der Waals surface area contributed by atoms with Gasteiger partial charge in [-0.3, -0.25) is 4.79 Å². The predicted octanol–water partition coefficient (Wildman–Crippen LogP) is 4.83. The molecule has 0 atom stereocenters. The van der Waals surface area contributed by atoms with Gasteiger partial charge in [-0.2, -0.15) is 0 Å². The number of benzene rings is 2. The van der Waals surface area contributed by atoms with Crippen LogP contribution >= 0.6 is 11.6 Å². The van der Waals surface area contributed by atoms with E-state index in [1.165, 1.54) is 0 Å². The summed E-state index contributed by atoms with van der Waals surface area (Å²) in [7, 11) is 0. The zero-order valence-electron chi connectivity index (χ0n) is 13.6. The number of hydrogen-bond donors (Lipinski definition) is 2. The molecule has 3 N–H and O–H groups in total. The molecule has 128 valence electrons. The first-order chi connectivity index (χ1) is 12.1. The number of amides is 1. The first kappa shape index (κ1) is 16.9. The Labute approximate surface area is 150 Å². The first-order valence-electron chi connectivity index (χ1n) is 7.76. The van der Waals surface area contributed by atoms with Crippen molar-refractivity contribution in [1.29, 1.82) is 0 Å². The molecule has 0 saturated carbocycles. The highest BCUT2D eigenvalue weighted by molar-refractivity contribution is 6.30. The van der Waals surface area contributed by atoms with Crippen LogP contribution in [0.3, 0.4) is 0 Å². The molecule has 2 aromatic carbocycles. The number of carbonyl (C=O) groups excluding carboxylic acids is 1. The summed E-state index contributed by atoms with van der Waals surface area (Å²) in [6.45, 7) is 2.44. The Hall–Kier alpha value is -2.92. The summed E-state index contributed by atoms with van der Waals surface area (Å²) in [6, 6.07) is 15.6. The summed E-state index contributed by atoms with van der Waals surface area (Å²) in [5.74, 6) is 1.05. The van der Waals surface area contributed by atoms with E-state index in [2.05, 4.69) is 5.32 Å². The van der Waals surface area contributed by atoms with Gasteiger partial charge in [0.1, 0.15) is 11.5 Å². The summed E-state index contributed by atoms with van der Waals surface area (Å²) < 4.78 is 11.0. The van der Waals surface area contributed by atoms with Crippen molar-refractivity contribution in [1.82, 2.24) is 0 Å². The highest BCUT2D eigenvalue weighted by Gasteiger charge is 2.14. The molecule has 1 heterocycles. The Morgan fingerprint density at radius 1 is 1.16 bits per heavy atom. The Morgan fingerprint density at radius 2 is 1.92 bits per heavy atom. The van der Waals surface area contributed by atoms with Crippen molar-refractivity contribution in [2.45, 2.75) is 6.92 Å². The number of rotatable bonds is 5. The van der Waals surface area contributed by atoms with E-state index in [9.17, 15) is 4.79 Å². The molecule has 0 saturated heterocycles. The van der Waals surface area contributed by atoms with Crippen molar-refractivity contribution >= 4 is 28.9 Å². The minimum atomic E-state index is -0.379. The van der Waals surface area contributed by atoms with Gasteiger partial charge in [-0.25, -0.2) is 0 Å². The van der Waals surface area contributed by atoms with Crippen LogP contribution in [0.5, 0.6) is 5.75 Å². The standard InChI is InChI=1S/C19H17ClN2O3/c1-2-24-14-7-8-16(15(21)11-14)22-19(23)18-10-9-17(25-18)12-3-5-13(20)6-4-12/h3-11H,2,21H2,1H3,(H,22,23). The lowest BCUT2D eigenvalue weighted by atomic mass is 10.2. The number of nitrogen functional groups attached to an aromatic ring is 1. The fourth-order valence-corrected chi connectivity index (χ4v) is 2.45. The van der Waals surface area contributed by atoms with Gasteiger partial charge in [-0.05, 0) is 55.5 Å². The van der Waals surface area contributed by atoms with Gasteiger partial charge in [-0.15, -0.1) is 0 Å². The maximum absolute atomic E-state index is 12.4. The SMILES string of the molecule is CCOc1ccc(NC(=O)c2ccc(-c3ccc(Cl)cc3)o2)c(N)c1. The maximum atomic E-state index is 12.4. The van der Waals surface area contributed by atoms with Crippen LogP contribution < -0.4 is 15.8 Å². The van der Waals surface area contributed by atoms with E-state index in [0.29, 0.717) is 34.5 Å². The van der Waals surface area contributed by atoms with E-state index in [-0.39, 0.29) is 11.7 Å². The third-order valence-corrected chi connectivity index (χ3v) is 3.79. The number of anilines is 2. The van der Waals surface area contributed by atoms with E-state index >= 15 is 0 Å². The van der Waals surface area contributed by atoms with E-state index in [1.54, 1.807) is 42.5 Å². The highest BCUT2D eigenvalue weighted by Crippen LogP contribution is 2.27. The molecule has 0 unspecified atom stereocenters. The van der Waals surface area contributed by atoms with Gasteiger partial charge < -0.3 is 20.2 Å². The lowest BCUT2D eigenvalue weighted by Crippen LogP contribution is -2.12. The number of ether oxygens (including phenoxy) is 1. The van der Waals surface area contributed by atoms with Crippen molar-refractivity contribution in [3.63, 3.8) is 0 Å². The Balaban J connectivity index is 1.75. The van der Waals surface area contributed by atoms with Crippen molar-refractivity contribution in [2.24, 2.45) is 0 Å². The zero-order chi connectivity index (χ0) is 17.8. The smallest absolute Gasteiger partial charge is 0.291 e. The third-order valence-electron chi connectivity index (χ3n) is 3.54. The molecule has 1 amide bonds. The molecule has 0 aliphatic carbocycles. The molecule has 0 aliphatic rings. The van der Waals surface area contributed by atoms with E-state index < -0.39 is 0 Å². The largest absolute Gasteiger partial charge is 0.494 e. The number of nitrogens with one attached hydrogen (secondary N) is 1. The first-order valence-corrected chi connectivity index (χ1v) is 8.14. The van der Waals surface area contributed by atoms with Crippen molar-refractivity contribution in [2.75, 3.05) is 17.7 Å². The van der Waals surface area contributed by atoms with Crippen molar-refractivity contribution in [3.05, 3.63) is 65.4 Å². The van der Waals surface area contributed by atoms with Crippen molar-refractivity contribution < 1.29 is 13.9 Å². The molecular weight excluding hydrogens is 340 g/mol. The number of halogens is 1. The van der Waals surface area contributed by atoms with E-state index in [1.807, 2.05) is 19.1 Å². The zero-order valence-corrected chi connectivity index (χ0v) is 14.3. The van der Waals surface area contributed by atoms with Crippen LogP contribution in [0.4, 0.5) is 11.4 Å². The molecule has 0 aliphatic heterocycles.